The highest BCUT2D eigenvalue weighted by molar-refractivity contribution is 6.29. The molecular formula is C26H27ClN2O4. The average molecular weight is 467 g/mol. The fraction of sp³-hybridized carbons (Fsp3) is 0.231. The summed E-state index contributed by atoms with van der Waals surface area (Å²) >= 11 is 5.65. The lowest BCUT2D eigenvalue weighted by Crippen LogP contribution is -2.17. The molecule has 0 aromatic heterocycles. The predicted octanol–water partition coefficient (Wildman–Crippen LogP) is 5.34. The van der Waals surface area contributed by atoms with E-state index in [9.17, 15) is 9.59 Å². The zero-order valence-electron chi connectivity index (χ0n) is 18.5. The minimum atomic E-state index is -0.355. The number of hydrogen-bond acceptors (Lipinski definition) is 4. The second-order valence-corrected chi connectivity index (χ2v) is 7.62. The van der Waals surface area contributed by atoms with Gasteiger partial charge < -0.3 is 20.1 Å². The van der Waals surface area contributed by atoms with E-state index in [1.165, 1.54) is 0 Å². The summed E-state index contributed by atoms with van der Waals surface area (Å²) in [5, 5.41) is 5.64. The lowest BCUT2D eigenvalue weighted by atomic mass is 10.1. The molecule has 7 heteroatoms. The Morgan fingerprint density at radius 2 is 1.61 bits per heavy atom. The molecule has 0 unspecified atom stereocenters. The number of nitrogens with one attached hydrogen (secondary N) is 2. The van der Waals surface area contributed by atoms with Crippen molar-refractivity contribution < 1.29 is 19.1 Å². The number of hydrogen-bond donors (Lipinski definition) is 2. The summed E-state index contributed by atoms with van der Waals surface area (Å²) in [4.78, 5) is 24.7. The van der Waals surface area contributed by atoms with E-state index < -0.39 is 0 Å². The van der Waals surface area contributed by atoms with Crippen molar-refractivity contribution in [3.8, 4) is 11.1 Å². The molecule has 0 saturated carbocycles. The van der Waals surface area contributed by atoms with Gasteiger partial charge in [0, 0.05) is 42.8 Å². The summed E-state index contributed by atoms with van der Waals surface area (Å²) in [5.74, 6) is -0.819. The summed E-state index contributed by atoms with van der Waals surface area (Å²) in [6, 6.07) is 22.8. The number of benzene rings is 3. The normalized spacial score (nSPS) is 10.6. The number of anilines is 2. The molecular weight excluding hydrogens is 440 g/mol. The average Bonchev–Trinajstić information content (AvgIpc) is 2.85. The fourth-order valence-electron chi connectivity index (χ4n) is 3.21. The van der Waals surface area contributed by atoms with Crippen LogP contribution in [0.1, 0.15) is 22.3 Å². The number of alkyl halides is 1. The topological polar surface area (TPSA) is 76.7 Å². The van der Waals surface area contributed by atoms with Gasteiger partial charge in [-0.05, 0) is 41.8 Å². The van der Waals surface area contributed by atoms with Crippen molar-refractivity contribution in [1.82, 2.24) is 0 Å². The van der Waals surface area contributed by atoms with Crippen LogP contribution in [0.15, 0.2) is 72.8 Å². The maximum absolute atomic E-state index is 12.8. The van der Waals surface area contributed by atoms with Crippen molar-refractivity contribution in [3.63, 3.8) is 0 Å². The van der Waals surface area contributed by atoms with Crippen LogP contribution in [-0.2, 0) is 20.9 Å². The number of carbonyl (C=O) groups excluding carboxylic acids is 2. The number of amides is 2. The van der Waals surface area contributed by atoms with E-state index in [-0.39, 0.29) is 17.7 Å². The zero-order valence-corrected chi connectivity index (χ0v) is 19.2. The molecule has 0 atom stereocenters. The van der Waals surface area contributed by atoms with Gasteiger partial charge in [0.2, 0.25) is 5.91 Å². The van der Waals surface area contributed by atoms with Crippen LogP contribution in [-0.4, -0.2) is 38.0 Å². The second-order valence-electron chi connectivity index (χ2n) is 7.35. The molecule has 0 aliphatic carbocycles. The summed E-state index contributed by atoms with van der Waals surface area (Å²) < 4.78 is 10.7. The van der Waals surface area contributed by atoms with E-state index in [0.717, 1.165) is 23.1 Å². The first-order valence-corrected chi connectivity index (χ1v) is 11.2. The van der Waals surface area contributed by atoms with Gasteiger partial charge in [0.1, 0.15) is 5.88 Å². The van der Waals surface area contributed by atoms with E-state index in [0.29, 0.717) is 36.8 Å². The Kier molecular flexibility index (Phi) is 9.44. The van der Waals surface area contributed by atoms with Gasteiger partial charge >= 0.3 is 0 Å². The van der Waals surface area contributed by atoms with Gasteiger partial charge in [-0.2, -0.15) is 0 Å². The van der Waals surface area contributed by atoms with Crippen molar-refractivity contribution in [2.24, 2.45) is 0 Å². The Balaban J connectivity index is 1.69. The van der Waals surface area contributed by atoms with Gasteiger partial charge in [-0.25, -0.2) is 0 Å². The first kappa shape index (κ1) is 24.5. The van der Waals surface area contributed by atoms with Gasteiger partial charge in [-0.15, -0.1) is 11.6 Å². The van der Waals surface area contributed by atoms with Crippen LogP contribution in [0.2, 0.25) is 0 Å². The van der Waals surface area contributed by atoms with Crippen molar-refractivity contribution in [2.75, 3.05) is 36.8 Å². The van der Waals surface area contributed by atoms with Gasteiger partial charge in [0.15, 0.2) is 0 Å². The van der Waals surface area contributed by atoms with Crippen LogP contribution in [0.5, 0.6) is 0 Å². The Morgan fingerprint density at radius 3 is 2.30 bits per heavy atom. The smallest absolute Gasteiger partial charge is 0.255 e. The van der Waals surface area contributed by atoms with Gasteiger partial charge in [-0.3, -0.25) is 9.59 Å². The number of ether oxygens (including phenoxy) is 2. The standard InChI is InChI=1S/C26H27ClN2O4/c1-32-14-5-15-33-18-22-9-8-21(16-24(22)29-25(30)17-27)26(31)28-23-12-10-20(11-13-23)19-6-3-2-4-7-19/h2-4,6-13,16H,5,14-15,17-18H2,1H3,(H,28,31)(H,29,30). The van der Waals surface area contributed by atoms with Crippen LogP contribution in [0.25, 0.3) is 11.1 Å². The van der Waals surface area contributed by atoms with E-state index in [4.69, 9.17) is 21.1 Å². The molecule has 0 aliphatic rings. The second kappa shape index (κ2) is 12.7. The van der Waals surface area contributed by atoms with Crippen molar-refractivity contribution in [3.05, 3.63) is 83.9 Å². The third-order valence-electron chi connectivity index (χ3n) is 4.91. The van der Waals surface area contributed by atoms with Gasteiger partial charge in [0.25, 0.3) is 5.91 Å². The first-order chi connectivity index (χ1) is 16.1. The highest BCUT2D eigenvalue weighted by Gasteiger charge is 2.13. The van der Waals surface area contributed by atoms with Gasteiger partial charge in [-0.1, -0.05) is 48.5 Å². The van der Waals surface area contributed by atoms with Crippen LogP contribution >= 0.6 is 11.6 Å². The molecule has 2 amide bonds. The van der Waals surface area contributed by atoms with Crippen molar-refractivity contribution >= 4 is 34.8 Å². The fourth-order valence-corrected chi connectivity index (χ4v) is 3.28. The van der Waals surface area contributed by atoms with E-state index in [1.807, 2.05) is 54.6 Å². The number of halogens is 1. The number of methoxy groups -OCH3 is 1. The van der Waals surface area contributed by atoms with Gasteiger partial charge in [0.05, 0.1) is 6.61 Å². The largest absolute Gasteiger partial charge is 0.385 e. The molecule has 0 fully saturated rings. The molecule has 2 N–H and O–H groups in total. The monoisotopic (exact) mass is 466 g/mol. The Morgan fingerprint density at radius 1 is 0.879 bits per heavy atom. The molecule has 0 saturated heterocycles. The minimum Gasteiger partial charge on any atom is -0.385 e. The van der Waals surface area contributed by atoms with Crippen LogP contribution in [0, 0.1) is 0 Å². The number of rotatable bonds is 11. The van der Waals surface area contributed by atoms with Crippen LogP contribution in [0.4, 0.5) is 11.4 Å². The molecule has 0 spiro atoms. The quantitative estimate of drug-likeness (QED) is 0.295. The van der Waals surface area contributed by atoms with Crippen molar-refractivity contribution in [1.29, 1.82) is 0 Å². The van der Waals surface area contributed by atoms with E-state index >= 15 is 0 Å². The molecule has 0 bridgehead atoms. The van der Waals surface area contributed by atoms with E-state index in [2.05, 4.69) is 10.6 Å². The molecule has 3 aromatic rings. The summed E-state index contributed by atoms with van der Waals surface area (Å²) in [6.07, 6.45) is 0.767. The molecule has 0 radical (unpaired) electrons. The molecule has 3 aromatic carbocycles. The SMILES string of the molecule is COCCCOCc1ccc(C(=O)Nc2ccc(-c3ccccc3)cc2)cc1NC(=O)CCl. The number of carbonyl (C=O) groups is 2. The van der Waals surface area contributed by atoms with Crippen LogP contribution in [0.3, 0.4) is 0 Å². The van der Waals surface area contributed by atoms with Crippen molar-refractivity contribution in [2.45, 2.75) is 13.0 Å². The molecule has 0 aliphatic heterocycles. The molecule has 0 heterocycles. The minimum absolute atomic E-state index is 0.182. The maximum Gasteiger partial charge on any atom is 0.255 e. The lowest BCUT2D eigenvalue weighted by Gasteiger charge is -2.13. The molecule has 3 rings (SSSR count). The highest BCUT2D eigenvalue weighted by atomic mass is 35.5. The maximum atomic E-state index is 12.8. The predicted molar refractivity (Wildman–Crippen MR) is 132 cm³/mol. The summed E-state index contributed by atoms with van der Waals surface area (Å²) in [6.45, 7) is 1.43. The third-order valence-corrected chi connectivity index (χ3v) is 5.15. The Bertz CT molecular complexity index is 1060. The van der Waals surface area contributed by atoms with Crippen LogP contribution < -0.4 is 10.6 Å². The zero-order chi connectivity index (χ0) is 23.5. The summed E-state index contributed by atoms with van der Waals surface area (Å²) in [7, 11) is 1.64. The molecule has 6 nitrogen and oxygen atoms in total. The third kappa shape index (κ3) is 7.43. The Labute approximate surface area is 198 Å². The summed E-state index contributed by atoms with van der Waals surface area (Å²) in [5.41, 5.74) is 4.52. The molecule has 172 valence electrons. The highest BCUT2D eigenvalue weighted by Crippen LogP contribution is 2.23. The molecule has 33 heavy (non-hydrogen) atoms. The van der Waals surface area contributed by atoms with E-state index in [1.54, 1.807) is 25.3 Å². The lowest BCUT2D eigenvalue weighted by molar-refractivity contribution is -0.113. The first-order valence-electron chi connectivity index (χ1n) is 10.6. The Hall–Kier alpha value is -3.19.